The first-order valence-electron chi connectivity index (χ1n) is 5.72. The van der Waals surface area contributed by atoms with E-state index in [1.54, 1.807) is 0 Å². The van der Waals surface area contributed by atoms with Gasteiger partial charge in [0, 0.05) is 12.6 Å². The van der Waals surface area contributed by atoms with E-state index in [9.17, 15) is 0 Å². The van der Waals surface area contributed by atoms with E-state index in [2.05, 4.69) is 19.0 Å². The van der Waals surface area contributed by atoms with Gasteiger partial charge >= 0.3 is 0 Å². The molecule has 0 aromatic heterocycles. The molecule has 2 N–H and O–H groups in total. The maximum atomic E-state index is 5.99. The molecule has 2 atom stereocenters. The molecule has 1 aliphatic carbocycles. The van der Waals surface area contributed by atoms with Crippen molar-refractivity contribution in [3.05, 3.63) is 0 Å². The third kappa shape index (κ3) is 4.40. The first-order valence-corrected chi connectivity index (χ1v) is 5.72. The molecule has 2 unspecified atom stereocenters. The number of hydrogen-bond donors (Lipinski definition) is 1. The van der Waals surface area contributed by atoms with Crippen LogP contribution in [0.2, 0.25) is 0 Å². The minimum Gasteiger partial charge on any atom is -0.377 e. The van der Waals surface area contributed by atoms with E-state index in [1.807, 2.05) is 0 Å². The van der Waals surface area contributed by atoms with Crippen molar-refractivity contribution in [1.29, 1.82) is 0 Å². The Morgan fingerprint density at radius 1 is 1.29 bits per heavy atom. The second-order valence-electron chi connectivity index (χ2n) is 4.51. The molecule has 0 aromatic carbocycles. The lowest BCUT2D eigenvalue weighted by atomic mass is 9.93. The van der Waals surface area contributed by atoms with E-state index in [0.717, 1.165) is 32.4 Å². The highest BCUT2D eigenvalue weighted by atomic mass is 16.5. The third-order valence-electron chi connectivity index (χ3n) is 2.84. The summed E-state index contributed by atoms with van der Waals surface area (Å²) in [5.74, 6) is 0. The molecule has 0 saturated heterocycles. The van der Waals surface area contributed by atoms with Crippen LogP contribution >= 0.6 is 0 Å². The van der Waals surface area contributed by atoms with E-state index in [1.165, 1.54) is 12.8 Å². The summed E-state index contributed by atoms with van der Waals surface area (Å²) in [6.45, 7) is 1.96. The molecule has 0 aliphatic heterocycles. The summed E-state index contributed by atoms with van der Waals surface area (Å²) in [5, 5.41) is 0. The Labute approximate surface area is 87.6 Å². The summed E-state index contributed by atoms with van der Waals surface area (Å²) < 4.78 is 5.79. The van der Waals surface area contributed by atoms with E-state index in [0.29, 0.717) is 6.10 Å². The lowest BCUT2D eigenvalue weighted by Gasteiger charge is -2.28. The van der Waals surface area contributed by atoms with Gasteiger partial charge in [0.25, 0.3) is 0 Å². The molecule has 1 aliphatic rings. The van der Waals surface area contributed by atoms with Gasteiger partial charge in [0.15, 0.2) is 0 Å². The first kappa shape index (κ1) is 12.0. The van der Waals surface area contributed by atoms with E-state index in [4.69, 9.17) is 10.5 Å². The Hall–Kier alpha value is -0.120. The van der Waals surface area contributed by atoms with Gasteiger partial charge in [-0.05, 0) is 39.9 Å². The lowest BCUT2D eigenvalue weighted by Crippen LogP contribution is -2.39. The summed E-state index contributed by atoms with van der Waals surface area (Å²) in [7, 11) is 4.18. The van der Waals surface area contributed by atoms with Gasteiger partial charge in [-0.15, -0.1) is 0 Å². The molecule has 14 heavy (non-hydrogen) atoms. The first-order chi connectivity index (χ1) is 6.70. The van der Waals surface area contributed by atoms with Crippen molar-refractivity contribution in [2.75, 3.05) is 27.2 Å². The maximum absolute atomic E-state index is 5.99. The Morgan fingerprint density at radius 2 is 2.00 bits per heavy atom. The molecular formula is C11H24N2O. The van der Waals surface area contributed by atoms with Gasteiger partial charge in [0.05, 0.1) is 6.10 Å². The second-order valence-corrected chi connectivity index (χ2v) is 4.51. The summed E-state index contributed by atoms with van der Waals surface area (Å²) in [4.78, 5) is 2.18. The minimum atomic E-state index is 0.281. The third-order valence-corrected chi connectivity index (χ3v) is 2.84. The Balaban J connectivity index is 2.04. The zero-order chi connectivity index (χ0) is 10.4. The number of hydrogen-bond acceptors (Lipinski definition) is 3. The molecule has 0 amide bonds. The Bertz CT molecular complexity index is 150. The largest absolute Gasteiger partial charge is 0.377 e. The highest BCUT2D eigenvalue weighted by Gasteiger charge is 2.21. The average molecular weight is 200 g/mol. The van der Waals surface area contributed by atoms with Crippen LogP contribution in [0.15, 0.2) is 0 Å². The number of ether oxygens (including phenoxy) is 1. The number of nitrogens with two attached hydrogens (primary N) is 1. The fourth-order valence-corrected chi connectivity index (χ4v) is 1.95. The standard InChI is InChI=1S/C11H24N2O/c1-13(2)8-5-9-14-11-7-4-3-6-10(11)12/h10-11H,3-9,12H2,1-2H3. The molecule has 0 aromatic rings. The summed E-state index contributed by atoms with van der Waals surface area (Å²) >= 11 is 0. The monoisotopic (exact) mass is 200 g/mol. The van der Waals surface area contributed by atoms with Crippen molar-refractivity contribution in [2.45, 2.75) is 44.2 Å². The van der Waals surface area contributed by atoms with Crippen molar-refractivity contribution in [1.82, 2.24) is 4.90 Å². The summed E-state index contributed by atoms with van der Waals surface area (Å²) in [5.41, 5.74) is 5.99. The molecule has 0 bridgehead atoms. The molecule has 3 nitrogen and oxygen atoms in total. The van der Waals surface area contributed by atoms with Crippen LogP contribution in [-0.4, -0.2) is 44.3 Å². The molecule has 84 valence electrons. The predicted octanol–water partition coefficient (Wildman–Crippen LogP) is 1.22. The highest BCUT2D eigenvalue weighted by molar-refractivity contribution is 4.78. The van der Waals surface area contributed by atoms with Crippen LogP contribution in [-0.2, 0) is 4.74 Å². The highest BCUT2D eigenvalue weighted by Crippen LogP contribution is 2.19. The van der Waals surface area contributed by atoms with Gasteiger partial charge in [0.2, 0.25) is 0 Å². The van der Waals surface area contributed by atoms with Gasteiger partial charge in [0.1, 0.15) is 0 Å². The molecule has 0 spiro atoms. The SMILES string of the molecule is CN(C)CCCOC1CCCCC1N. The zero-order valence-electron chi connectivity index (χ0n) is 9.54. The van der Waals surface area contributed by atoms with Crippen molar-refractivity contribution >= 4 is 0 Å². The summed E-state index contributed by atoms with van der Waals surface area (Å²) in [6, 6.07) is 0.281. The van der Waals surface area contributed by atoms with Gasteiger partial charge < -0.3 is 15.4 Å². The Morgan fingerprint density at radius 3 is 2.64 bits per heavy atom. The van der Waals surface area contributed by atoms with Crippen LogP contribution in [0.4, 0.5) is 0 Å². The van der Waals surface area contributed by atoms with Crippen LogP contribution in [0.1, 0.15) is 32.1 Å². The van der Waals surface area contributed by atoms with Crippen LogP contribution in [0.25, 0.3) is 0 Å². The number of nitrogens with zero attached hydrogens (tertiary/aromatic N) is 1. The molecule has 1 rings (SSSR count). The van der Waals surface area contributed by atoms with Gasteiger partial charge in [-0.3, -0.25) is 0 Å². The smallest absolute Gasteiger partial charge is 0.0725 e. The Kier molecular flexibility index (Phi) is 5.45. The second kappa shape index (κ2) is 6.38. The maximum Gasteiger partial charge on any atom is 0.0725 e. The molecule has 1 fully saturated rings. The van der Waals surface area contributed by atoms with Crippen molar-refractivity contribution < 1.29 is 4.74 Å². The van der Waals surface area contributed by atoms with Crippen molar-refractivity contribution in [3.8, 4) is 0 Å². The van der Waals surface area contributed by atoms with Gasteiger partial charge in [-0.2, -0.15) is 0 Å². The van der Waals surface area contributed by atoms with E-state index >= 15 is 0 Å². The van der Waals surface area contributed by atoms with Crippen molar-refractivity contribution in [2.24, 2.45) is 5.73 Å². The molecule has 0 radical (unpaired) electrons. The topological polar surface area (TPSA) is 38.5 Å². The molecule has 1 saturated carbocycles. The van der Waals surface area contributed by atoms with E-state index in [-0.39, 0.29) is 6.04 Å². The fraction of sp³-hybridized carbons (Fsp3) is 1.00. The zero-order valence-corrected chi connectivity index (χ0v) is 9.54. The van der Waals surface area contributed by atoms with Gasteiger partial charge in [-0.1, -0.05) is 12.8 Å². The van der Waals surface area contributed by atoms with E-state index < -0.39 is 0 Å². The van der Waals surface area contributed by atoms with Gasteiger partial charge in [-0.25, -0.2) is 0 Å². The lowest BCUT2D eigenvalue weighted by molar-refractivity contribution is 0.0121. The normalized spacial score (nSPS) is 28.3. The predicted molar refractivity (Wildman–Crippen MR) is 59.4 cm³/mol. The van der Waals surface area contributed by atoms with Crippen molar-refractivity contribution in [3.63, 3.8) is 0 Å². The van der Waals surface area contributed by atoms with Crippen LogP contribution in [0.5, 0.6) is 0 Å². The quantitative estimate of drug-likeness (QED) is 0.678. The van der Waals surface area contributed by atoms with Crippen LogP contribution in [0, 0.1) is 0 Å². The summed E-state index contributed by atoms with van der Waals surface area (Å²) in [6.07, 6.45) is 6.29. The molecule has 3 heteroatoms. The fourth-order valence-electron chi connectivity index (χ4n) is 1.95. The molecular weight excluding hydrogens is 176 g/mol. The van der Waals surface area contributed by atoms with Crippen LogP contribution in [0.3, 0.4) is 0 Å². The number of rotatable bonds is 5. The molecule has 0 heterocycles. The minimum absolute atomic E-state index is 0.281. The average Bonchev–Trinajstić information content (AvgIpc) is 2.15. The van der Waals surface area contributed by atoms with Crippen LogP contribution < -0.4 is 5.73 Å².